The summed E-state index contributed by atoms with van der Waals surface area (Å²) in [6.45, 7) is 2.13. The molecule has 5 heteroatoms. The van der Waals surface area contributed by atoms with Crippen molar-refractivity contribution in [3.63, 3.8) is 0 Å². The fourth-order valence-corrected chi connectivity index (χ4v) is 2.37. The van der Waals surface area contributed by atoms with Crippen molar-refractivity contribution in [1.82, 2.24) is 10.2 Å². The number of carbonyl (C=O) groups is 2. The maximum Gasteiger partial charge on any atom is 0.227 e. The van der Waals surface area contributed by atoms with Gasteiger partial charge in [0.15, 0.2) is 0 Å². The van der Waals surface area contributed by atoms with Gasteiger partial charge in [0.2, 0.25) is 11.8 Å². The Morgan fingerprint density at radius 3 is 2.62 bits per heavy atom. The number of amides is 2. The fourth-order valence-electron chi connectivity index (χ4n) is 2.37. The highest BCUT2D eigenvalue weighted by molar-refractivity contribution is 5.89. The van der Waals surface area contributed by atoms with Crippen LogP contribution in [0.3, 0.4) is 0 Å². The first-order valence-electron chi connectivity index (χ1n) is 5.87. The quantitative estimate of drug-likeness (QED) is 0.657. The third kappa shape index (κ3) is 2.35. The lowest BCUT2D eigenvalue weighted by atomic mass is 9.96. The molecular formula is C11H18N2O3. The molecule has 0 aromatic rings. The zero-order chi connectivity index (χ0) is 11.5. The third-order valence-corrected chi connectivity index (χ3v) is 3.51. The lowest BCUT2D eigenvalue weighted by molar-refractivity contribution is -0.137. The van der Waals surface area contributed by atoms with Crippen LogP contribution in [0.15, 0.2) is 0 Å². The summed E-state index contributed by atoms with van der Waals surface area (Å²) < 4.78 is 0. The van der Waals surface area contributed by atoms with Crippen molar-refractivity contribution >= 4 is 11.8 Å². The topological polar surface area (TPSA) is 69.6 Å². The second kappa shape index (κ2) is 4.82. The van der Waals surface area contributed by atoms with Crippen molar-refractivity contribution < 1.29 is 14.7 Å². The first-order valence-corrected chi connectivity index (χ1v) is 5.87. The van der Waals surface area contributed by atoms with Crippen LogP contribution in [-0.2, 0) is 9.59 Å². The molecule has 90 valence electrons. The zero-order valence-corrected chi connectivity index (χ0v) is 9.32. The number of nitrogens with zero attached hydrogens (tertiary/aromatic N) is 1. The summed E-state index contributed by atoms with van der Waals surface area (Å²) in [6, 6.07) is 0. The van der Waals surface area contributed by atoms with Crippen molar-refractivity contribution in [3.8, 4) is 0 Å². The molecule has 2 N–H and O–H groups in total. The molecule has 2 rings (SSSR count). The van der Waals surface area contributed by atoms with Gasteiger partial charge in [-0.25, -0.2) is 0 Å². The number of nitrogens with one attached hydrogen (secondary N) is 1. The summed E-state index contributed by atoms with van der Waals surface area (Å²) >= 11 is 0. The molecule has 1 atom stereocenters. The molecule has 0 aromatic heterocycles. The normalized spacial score (nSPS) is 26.9. The fraction of sp³-hybridized carbons (Fsp3) is 0.818. The molecular weight excluding hydrogens is 208 g/mol. The standard InChI is InChI=1S/C11H18N2O3/c14-7-8-1-3-13(4-2-8)11(16)9-5-10(15)12-6-9/h8-9,14H,1-7H2,(H,12,15). The van der Waals surface area contributed by atoms with Crippen molar-refractivity contribution in [3.05, 3.63) is 0 Å². The highest BCUT2D eigenvalue weighted by atomic mass is 16.3. The second-order valence-corrected chi connectivity index (χ2v) is 4.66. The molecule has 2 saturated heterocycles. The van der Waals surface area contributed by atoms with Gasteiger partial charge in [0, 0.05) is 32.7 Å². The molecule has 0 aliphatic carbocycles. The van der Waals surface area contributed by atoms with Crippen LogP contribution in [0.25, 0.3) is 0 Å². The van der Waals surface area contributed by atoms with Crippen molar-refractivity contribution in [2.24, 2.45) is 11.8 Å². The molecule has 2 aliphatic heterocycles. The second-order valence-electron chi connectivity index (χ2n) is 4.66. The van der Waals surface area contributed by atoms with Crippen LogP contribution in [0.5, 0.6) is 0 Å². The number of rotatable bonds is 2. The van der Waals surface area contributed by atoms with E-state index in [0.29, 0.717) is 18.9 Å². The van der Waals surface area contributed by atoms with E-state index in [1.54, 1.807) is 0 Å². The minimum absolute atomic E-state index is 0.0244. The molecule has 2 amide bonds. The Bertz CT molecular complexity index is 285. The van der Waals surface area contributed by atoms with Gasteiger partial charge in [-0.05, 0) is 18.8 Å². The zero-order valence-electron chi connectivity index (χ0n) is 9.32. The average molecular weight is 226 g/mol. The number of aliphatic hydroxyl groups is 1. The molecule has 0 aromatic carbocycles. The maximum atomic E-state index is 12.0. The Morgan fingerprint density at radius 2 is 2.12 bits per heavy atom. The van der Waals surface area contributed by atoms with E-state index in [0.717, 1.165) is 25.9 Å². The van der Waals surface area contributed by atoms with Gasteiger partial charge in [-0.1, -0.05) is 0 Å². The minimum atomic E-state index is -0.168. The molecule has 0 radical (unpaired) electrons. The van der Waals surface area contributed by atoms with Crippen LogP contribution in [0.4, 0.5) is 0 Å². The predicted molar refractivity (Wildman–Crippen MR) is 57.5 cm³/mol. The minimum Gasteiger partial charge on any atom is -0.396 e. The van der Waals surface area contributed by atoms with E-state index in [9.17, 15) is 9.59 Å². The number of carbonyl (C=O) groups excluding carboxylic acids is 2. The molecule has 0 saturated carbocycles. The Labute approximate surface area is 94.8 Å². The Kier molecular flexibility index (Phi) is 3.43. The van der Waals surface area contributed by atoms with Gasteiger partial charge in [0.05, 0.1) is 5.92 Å². The lowest BCUT2D eigenvalue weighted by Gasteiger charge is -2.32. The molecule has 5 nitrogen and oxygen atoms in total. The van der Waals surface area contributed by atoms with Crippen LogP contribution < -0.4 is 5.32 Å². The Morgan fingerprint density at radius 1 is 1.44 bits per heavy atom. The number of aliphatic hydroxyl groups excluding tert-OH is 1. The molecule has 2 aliphatic rings. The highest BCUT2D eigenvalue weighted by Crippen LogP contribution is 2.20. The highest BCUT2D eigenvalue weighted by Gasteiger charge is 2.32. The van der Waals surface area contributed by atoms with Crippen molar-refractivity contribution in [1.29, 1.82) is 0 Å². The smallest absolute Gasteiger partial charge is 0.227 e. The van der Waals surface area contributed by atoms with Gasteiger partial charge in [-0.15, -0.1) is 0 Å². The van der Waals surface area contributed by atoms with E-state index in [1.165, 1.54) is 0 Å². The average Bonchev–Trinajstić information content (AvgIpc) is 2.75. The Hall–Kier alpha value is -1.10. The van der Waals surface area contributed by atoms with E-state index in [2.05, 4.69) is 5.32 Å². The van der Waals surface area contributed by atoms with E-state index in [1.807, 2.05) is 4.90 Å². The third-order valence-electron chi connectivity index (χ3n) is 3.51. The molecule has 0 spiro atoms. The van der Waals surface area contributed by atoms with Crippen LogP contribution in [0.1, 0.15) is 19.3 Å². The molecule has 0 bridgehead atoms. The van der Waals surface area contributed by atoms with Crippen LogP contribution in [0.2, 0.25) is 0 Å². The van der Waals surface area contributed by atoms with Gasteiger partial charge >= 0.3 is 0 Å². The largest absolute Gasteiger partial charge is 0.396 e. The first-order chi connectivity index (χ1) is 7.70. The van der Waals surface area contributed by atoms with E-state index >= 15 is 0 Å². The van der Waals surface area contributed by atoms with Gasteiger partial charge < -0.3 is 15.3 Å². The van der Waals surface area contributed by atoms with Crippen molar-refractivity contribution in [2.75, 3.05) is 26.2 Å². The van der Waals surface area contributed by atoms with E-state index < -0.39 is 0 Å². The van der Waals surface area contributed by atoms with Gasteiger partial charge in [0.25, 0.3) is 0 Å². The molecule has 1 unspecified atom stereocenters. The summed E-state index contributed by atoms with van der Waals surface area (Å²) in [5.41, 5.74) is 0. The Balaban J connectivity index is 1.84. The molecule has 2 fully saturated rings. The van der Waals surface area contributed by atoms with E-state index in [-0.39, 0.29) is 24.3 Å². The summed E-state index contributed by atoms with van der Waals surface area (Å²) in [5.74, 6) is 0.240. The number of hydrogen-bond acceptors (Lipinski definition) is 3. The first kappa shape index (κ1) is 11.4. The SMILES string of the molecule is O=C1CC(C(=O)N2CCC(CO)CC2)CN1. The molecule has 16 heavy (non-hydrogen) atoms. The maximum absolute atomic E-state index is 12.0. The summed E-state index contributed by atoms with van der Waals surface area (Å²) in [7, 11) is 0. The summed E-state index contributed by atoms with van der Waals surface area (Å²) in [4.78, 5) is 24.9. The van der Waals surface area contributed by atoms with Crippen molar-refractivity contribution in [2.45, 2.75) is 19.3 Å². The molecule has 2 heterocycles. The van der Waals surface area contributed by atoms with Gasteiger partial charge in [0.1, 0.15) is 0 Å². The van der Waals surface area contributed by atoms with E-state index in [4.69, 9.17) is 5.11 Å². The number of hydrogen-bond donors (Lipinski definition) is 2. The van der Waals surface area contributed by atoms with Crippen LogP contribution in [0, 0.1) is 11.8 Å². The predicted octanol–water partition coefficient (Wildman–Crippen LogP) is -0.647. The lowest BCUT2D eigenvalue weighted by Crippen LogP contribution is -2.42. The number of piperidine rings is 1. The summed E-state index contributed by atoms with van der Waals surface area (Å²) in [5, 5.41) is 11.7. The monoisotopic (exact) mass is 226 g/mol. The van der Waals surface area contributed by atoms with Crippen LogP contribution in [-0.4, -0.2) is 48.1 Å². The van der Waals surface area contributed by atoms with Crippen LogP contribution >= 0.6 is 0 Å². The van der Waals surface area contributed by atoms with Gasteiger partial charge in [-0.3, -0.25) is 9.59 Å². The number of likely N-dealkylation sites (tertiary alicyclic amines) is 1. The summed E-state index contributed by atoms with van der Waals surface area (Å²) in [6.07, 6.45) is 2.07. The van der Waals surface area contributed by atoms with Gasteiger partial charge in [-0.2, -0.15) is 0 Å².